The summed E-state index contributed by atoms with van der Waals surface area (Å²) in [5, 5.41) is 13.2. The van der Waals surface area contributed by atoms with Crippen LogP contribution >= 0.6 is 11.8 Å². The molecule has 4 heteroatoms. The maximum atomic E-state index is 9.81. The van der Waals surface area contributed by atoms with Crippen LogP contribution in [0.1, 0.15) is 18.5 Å². The highest BCUT2D eigenvalue weighted by molar-refractivity contribution is 7.99. The molecule has 0 saturated carbocycles. The Hall–Kier alpha value is -1.31. The summed E-state index contributed by atoms with van der Waals surface area (Å²) in [4.78, 5) is 0. The van der Waals surface area contributed by atoms with Crippen molar-refractivity contribution in [3.63, 3.8) is 0 Å². The van der Waals surface area contributed by atoms with Gasteiger partial charge in [-0.1, -0.05) is 5.92 Å². The SMILES string of the molecule is C#CCSCCNC(C)c1cc(OC)ccc1O. The Morgan fingerprint density at radius 1 is 1.56 bits per heavy atom. The molecule has 1 aromatic rings. The van der Waals surface area contributed by atoms with Crippen molar-refractivity contribution >= 4 is 11.8 Å². The molecule has 1 aromatic carbocycles. The van der Waals surface area contributed by atoms with Crippen LogP contribution in [0.4, 0.5) is 0 Å². The molecule has 0 aromatic heterocycles. The van der Waals surface area contributed by atoms with Crippen LogP contribution in [0.3, 0.4) is 0 Å². The van der Waals surface area contributed by atoms with Gasteiger partial charge in [0, 0.05) is 23.9 Å². The number of thioether (sulfide) groups is 1. The minimum Gasteiger partial charge on any atom is -0.508 e. The Morgan fingerprint density at radius 3 is 3.00 bits per heavy atom. The van der Waals surface area contributed by atoms with E-state index in [9.17, 15) is 5.11 Å². The predicted molar refractivity (Wildman–Crippen MR) is 77.2 cm³/mol. The Kier molecular flexibility index (Phi) is 6.48. The Bertz CT molecular complexity index is 415. The van der Waals surface area contributed by atoms with Crippen LogP contribution in [-0.2, 0) is 0 Å². The molecule has 1 rings (SSSR count). The average Bonchev–Trinajstić information content (AvgIpc) is 2.39. The van der Waals surface area contributed by atoms with Gasteiger partial charge in [-0.25, -0.2) is 0 Å². The third-order valence-electron chi connectivity index (χ3n) is 2.58. The quantitative estimate of drug-likeness (QED) is 0.587. The normalized spacial score (nSPS) is 11.8. The van der Waals surface area contributed by atoms with Crippen LogP contribution in [0.25, 0.3) is 0 Å². The van der Waals surface area contributed by atoms with Gasteiger partial charge in [0.2, 0.25) is 0 Å². The van der Waals surface area contributed by atoms with Crippen LogP contribution in [0.15, 0.2) is 18.2 Å². The van der Waals surface area contributed by atoms with E-state index in [2.05, 4.69) is 11.2 Å². The summed E-state index contributed by atoms with van der Waals surface area (Å²) in [5.74, 6) is 5.32. The van der Waals surface area contributed by atoms with E-state index in [0.717, 1.165) is 29.4 Å². The molecule has 1 atom stereocenters. The van der Waals surface area contributed by atoms with E-state index in [4.69, 9.17) is 11.2 Å². The summed E-state index contributed by atoms with van der Waals surface area (Å²) in [6, 6.07) is 5.32. The predicted octanol–water partition coefficient (Wildman–Crippen LogP) is 2.42. The van der Waals surface area contributed by atoms with E-state index in [1.807, 2.05) is 13.0 Å². The molecule has 0 aliphatic heterocycles. The first-order valence-corrected chi connectivity index (χ1v) is 6.96. The van der Waals surface area contributed by atoms with Crippen molar-refractivity contribution in [1.29, 1.82) is 0 Å². The average molecular weight is 265 g/mol. The number of methoxy groups -OCH3 is 1. The van der Waals surface area contributed by atoms with Gasteiger partial charge in [0.15, 0.2) is 0 Å². The largest absolute Gasteiger partial charge is 0.508 e. The number of rotatable bonds is 7. The second-order valence-corrected chi connectivity index (χ2v) is 4.96. The minimum absolute atomic E-state index is 0.0755. The Balaban J connectivity index is 2.50. The Morgan fingerprint density at radius 2 is 2.33 bits per heavy atom. The first-order chi connectivity index (χ1) is 8.69. The van der Waals surface area contributed by atoms with Crippen molar-refractivity contribution in [3.8, 4) is 23.8 Å². The number of terminal acetylenes is 1. The van der Waals surface area contributed by atoms with Crippen LogP contribution in [0, 0.1) is 12.3 Å². The monoisotopic (exact) mass is 265 g/mol. The van der Waals surface area contributed by atoms with Gasteiger partial charge in [-0.15, -0.1) is 18.2 Å². The lowest BCUT2D eigenvalue weighted by atomic mass is 10.1. The van der Waals surface area contributed by atoms with Gasteiger partial charge in [-0.2, -0.15) is 0 Å². The topological polar surface area (TPSA) is 41.5 Å². The molecule has 0 spiro atoms. The lowest BCUT2D eigenvalue weighted by molar-refractivity contribution is 0.408. The van der Waals surface area contributed by atoms with E-state index in [-0.39, 0.29) is 11.8 Å². The highest BCUT2D eigenvalue weighted by Gasteiger charge is 2.10. The number of hydrogen-bond acceptors (Lipinski definition) is 4. The Labute approximate surface area is 113 Å². The van der Waals surface area contributed by atoms with Crippen molar-refractivity contribution in [3.05, 3.63) is 23.8 Å². The van der Waals surface area contributed by atoms with E-state index in [1.165, 1.54) is 0 Å². The van der Waals surface area contributed by atoms with Gasteiger partial charge in [0.25, 0.3) is 0 Å². The second kappa shape index (κ2) is 7.91. The van der Waals surface area contributed by atoms with Crippen LogP contribution < -0.4 is 10.1 Å². The third kappa shape index (κ3) is 4.52. The zero-order valence-corrected chi connectivity index (χ0v) is 11.6. The summed E-state index contributed by atoms with van der Waals surface area (Å²) in [6.07, 6.45) is 5.18. The minimum atomic E-state index is 0.0755. The standard InChI is InChI=1S/C14H19NO2S/c1-4-8-18-9-7-15-11(2)13-10-12(17-3)5-6-14(13)16/h1,5-6,10-11,15-16H,7-9H2,2-3H3. The maximum absolute atomic E-state index is 9.81. The summed E-state index contributed by atoms with van der Waals surface area (Å²) in [6.45, 7) is 2.87. The molecule has 0 radical (unpaired) electrons. The van der Waals surface area contributed by atoms with E-state index in [0.29, 0.717) is 0 Å². The summed E-state index contributed by atoms with van der Waals surface area (Å²) < 4.78 is 5.15. The fraction of sp³-hybridized carbons (Fsp3) is 0.429. The number of aromatic hydroxyl groups is 1. The fourth-order valence-corrected chi connectivity index (χ4v) is 2.12. The van der Waals surface area contributed by atoms with Gasteiger partial charge in [-0.05, 0) is 25.1 Å². The molecule has 0 amide bonds. The van der Waals surface area contributed by atoms with Crippen LogP contribution in [-0.4, -0.2) is 30.3 Å². The van der Waals surface area contributed by atoms with Gasteiger partial charge in [-0.3, -0.25) is 0 Å². The molecule has 18 heavy (non-hydrogen) atoms. The molecule has 0 aliphatic carbocycles. The van der Waals surface area contributed by atoms with E-state index < -0.39 is 0 Å². The molecule has 0 fully saturated rings. The van der Waals surface area contributed by atoms with Gasteiger partial charge in [0.05, 0.1) is 12.9 Å². The van der Waals surface area contributed by atoms with Crippen molar-refractivity contribution in [1.82, 2.24) is 5.32 Å². The number of hydrogen-bond donors (Lipinski definition) is 2. The van der Waals surface area contributed by atoms with E-state index >= 15 is 0 Å². The first kappa shape index (κ1) is 14.7. The smallest absolute Gasteiger partial charge is 0.120 e. The zero-order chi connectivity index (χ0) is 13.4. The molecule has 0 aliphatic rings. The van der Waals surface area contributed by atoms with Gasteiger partial charge < -0.3 is 15.2 Å². The molecule has 1 unspecified atom stereocenters. The summed E-state index contributed by atoms with van der Waals surface area (Å²) in [5.41, 5.74) is 0.844. The van der Waals surface area contributed by atoms with Crippen molar-refractivity contribution in [2.24, 2.45) is 0 Å². The maximum Gasteiger partial charge on any atom is 0.120 e. The molecule has 2 N–H and O–H groups in total. The number of nitrogens with one attached hydrogen (secondary N) is 1. The van der Waals surface area contributed by atoms with Gasteiger partial charge >= 0.3 is 0 Å². The van der Waals surface area contributed by atoms with Crippen LogP contribution in [0.5, 0.6) is 11.5 Å². The number of phenols is 1. The first-order valence-electron chi connectivity index (χ1n) is 5.80. The molecule has 3 nitrogen and oxygen atoms in total. The molecular formula is C14H19NO2S. The van der Waals surface area contributed by atoms with Crippen molar-refractivity contribution in [2.45, 2.75) is 13.0 Å². The highest BCUT2D eigenvalue weighted by atomic mass is 32.2. The summed E-state index contributed by atoms with van der Waals surface area (Å²) >= 11 is 1.72. The lowest BCUT2D eigenvalue weighted by Gasteiger charge is -2.16. The lowest BCUT2D eigenvalue weighted by Crippen LogP contribution is -2.21. The van der Waals surface area contributed by atoms with Crippen molar-refractivity contribution in [2.75, 3.05) is 25.2 Å². The van der Waals surface area contributed by atoms with Crippen molar-refractivity contribution < 1.29 is 9.84 Å². The molecule has 0 heterocycles. The van der Waals surface area contributed by atoms with E-state index in [1.54, 1.807) is 31.0 Å². The second-order valence-electron chi connectivity index (χ2n) is 3.86. The van der Waals surface area contributed by atoms with Gasteiger partial charge in [0.1, 0.15) is 11.5 Å². The number of phenolic OH excluding ortho intramolecular Hbond substituents is 1. The highest BCUT2D eigenvalue weighted by Crippen LogP contribution is 2.28. The third-order valence-corrected chi connectivity index (χ3v) is 3.45. The molecule has 0 saturated heterocycles. The molecular weight excluding hydrogens is 246 g/mol. The number of benzene rings is 1. The molecule has 98 valence electrons. The van der Waals surface area contributed by atoms with Crippen LogP contribution in [0.2, 0.25) is 0 Å². The molecule has 0 bridgehead atoms. The number of ether oxygens (including phenoxy) is 1. The zero-order valence-electron chi connectivity index (χ0n) is 10.8. The fourth-order valence-electron chi connectivity index (χ4n) is 1.60. The summed E-state index contributed by atoms with van der Waals surface area (Å²) in [7, 11) is 1.62.